The first-order valence-corrected chi connectivity index (χ1v) is 17.6. The van der Waals surface area contributed by atoms with E-state index in [1.807, 2.05) is 11.8 Å². The van der Waals surface area contributed by atoms with Crippen LogP contribution >= 0.6 is 11.8 Å². The van der Waals surface area contributed by atoms with Crippen LogP contribution in [0.4, 0.5) is 0 Å². The lowest BCUT2D eigenvalue weighted by Gasteiger charge is -2.27. The molecule has 230 valence electrons. The Morgan fingerprint density at radius 2 is 1.27 bits per heavy atom. The van der Waals surface area contributed by atoms with Crippen molar-refractivity contribution in [2.45, 2.75) is 15.8 Å². The van der Waals surface area contributed by atoms with Crippen molar-refractivity contribution in [3.63, 3.8) is 0 Å². The Bertz CT molecular complexity index is 2810. The van der Waals surface area contributed by atoms with Crippen molar-refractivity contribution in [2.24, 2.45) is 15.9 Å². The summed E-state index contributed by atoms with van der Waals surface area (Å²) in [6, 6.07) is 48.2. The summed E-state index contributed by atoms with van der Waals surface area (Å²) in [5.74, 6) is 0.899. The van der Waals surface area contributed by atoms with Crippen molar-refractivity contribution < 1.29 is 0 Å². The van der Waals surface area contributed by atoms with Gasteiger partial charge in [0, 0.05) is 48.5 Å². The molecule has 0 bridgehead atoms. The van der Waals surface area contributed by atoms with E-state index in [9.17, 15) is 0 Å². The highest BCUT2D eigenvalue weighted by Gasteiger charge is 2.30. The molecule has 1 aliphatic carbocycles. The molecular weight excluding hydrogens is 617 g/mol. The lowest BCUT2D eigenvalue weighted by Crippen LogP contribution is -2.31. The first-order valence-electron chi connectivity index (χ1n) is 16.8. The highest BCUT2D eigenvalue weighted by molar-refractivity contribution is 7.99. The van der Waals surface area contributed by atoms with Gasteiger partial charge < -0.3 is 9.13 Å². The number of allylic oxidation sites excluding steroid dienone is 2. The summed E-state index contributed by atoms with van der Waals surface area (Å²) in [5.41, 5.74) is 10.5. The van der Waals surface area contributed by atoms with E-state index in [1.54, 1.807) is 0 Å². The van der Waals surface area contributed by atoms with Gasteiger partial charge in [0.15, 0.2) is 5.84 Å². The molecule has 0 amide bonds. The number of nitrogens with zero attached hydrogens (tertiary/aromatic N) is 4. The molecule has 0 fully saturated rings. The maximum absolute atomic E-state index is 5.25. The van der Waals surface area contributed by atoms with Gasteiger partial charge in [0.1, 0.15) is 0 Å². The third kappa shape index (κ3) is 3.88. The van der Waals surface area contributed by atoms with Crippen LogP contribution in [0, 0.1) is 5.92 Å². The lowest BCUT2D eigenvalue weighted by atomic mass is 9.86. The minimum absolute atomic E-state index is 0.0169. The van der Waals surface area contributed by atoms with E-state index in [0.717, 1.165) is 28.4 Å². The summed E-state index contributed by atoms with van der Waals surface area (Å²) in [7, 11) is 0. The quantitative estimate of drug-likeness (QED) is 0.188. The van der Waals surface area contributed by atoms with Gasteiger partial charge >= 0.3 is 0 Å². The van der Waals surface area contributed by atoms with Crippen molar-refractivity contribution in [1.29, 1.82) is 0 Å². The second kappa shape index (κ2) is 10.3. The second-order valence-electron chi connectivity index (χ2n) is 12.9. The summed E-state index contributed by atoms with van der Waals surface area (Å²) >= 11 is 1.87. The zero-order valence-electron chi connectivity index (χ0n) is 26.4. The van der Waals surface area contributed by atoms with Crippen LogP contribution in [0.5, 0.6) is 0 Å². The maximum Gasteiger partial charge on any atom is 0.155 e. The van der Waals surface area contributed by atoms with Crippen LogP contribution in [0.3, 0.4) is 0 Å². The molecule has 0 radical (unpaired) electrons. The fourth-order valence-electron chi connectivity index (χ4n) is 8.15. The number of amidine groups is 1. The molecule has 0 saturated heterocycles. The summed E-state index contributed by atoms with van der Waals surface area (Å²) in [4.78, 5) is 13.0. The highest BCUT2D eigenvalue weighted by atomic mass is 32.2. The number of aliphatic imine (C=N–C) groups is 2. The molecular formula is C44H28N4S. The van der Waals surface area contributed by atoms with Crippen molar-refractivity contribution in [3.8, 4) is 11.4 Å². The van der Waals surface area contributed by atoms with Crippen LogP contribution in [0.2, 0.25) is 0 Å². The van der Waals surface area contributed by atoms with E-state index in [0.29, 0.717) is 0 Å². The van der Waals surface area contributed by atoms with Crippen LogP contribution in [0.15, 0.2) is 178 Å². The van der Waals surface area contributed by atoms with Crippen LogP contribution in [0.1, 0.15) is 11.1 Å². The van der Waals surface area contributed by atoms with E-state index < -0.39 is 0 Å². The first-order chi connectivity index (χ1) is 24.3. The molecule has 3 aliphatic rings. The number of para-hydroxylation sites is 3. The third-order valence-corrected chi connectivity index (χ3v) is 11.3. The standard InChI is InChI=1S/C44H28N4S/c1-2-13-27(14-3-1)42-30-17-4-7-20-33(30)45-44(46-42)28-15-12-16-29(25-28)47-34-21-8-5-18-31(34)40-37(47)26-39-43-41(40)32-19-6-9-22-35(32)48(43)36-23-10-11-24-38(36)49-39/h1-26,30,33H. The third-order valence-electron chi connectivity index (χ3n) is 10.2. The van der Waals surface area contributed by atoms with Crippen molar-refractivity contribution in [3.05, 3.63) is 169 Å². The molecule has 6 aromatic carbocycles. The Labute approximate surface area is 287 Å². The smallest absolute Gasteiger partial charge is 0.155 e. The minimum atomic E-state index is 0.0169. The Morgan fingerprint density at radius 1 is 0.551 bits per heavy atom. The van der Waals surface area contributed by atoms with Crippen molar-refractivity contribution in [1.82, 2.24) is 9.13 Å². The molecule has 4 heterocycles. The molecule has 0 spiro atoms. The molecule has 2 aromatic heterocycles. The van der Waals surface area contributed by atoms with E-state index in [4.69, 9.17) is 9.98 Å². The van der Waals surface area contributed by atoms with Crippen molar-refractivity contribution >= 4 is 66.9 Å². The molecule has 11 rings (SSSR count). The number of fused-ring (bicyclic) bond motifs is 10. The van der Waals surface area contributed by atoms with Crippen LogP contribution in [-0.2, 0) is 0 Å². The van der Waals surface area contributed by atoms with Gasteiger partial charge in [-0.15, -0.1) is 0 Å². The molecule has 2 unspecified atom stereocenters. The van der Waals surface area contributed by atoms with E-state index in [-0.39, 0.29) is 12.0 Å². The number of aromatic nitrogens is 2. The molecule has 5 heteroatoms. The Kier molecular flexibility index (Phi) is 5.69. The van der Waals surface area contributed by atoms with Gasteiger partial charge in [0.2, 0.25) is 0 Å². The predicted octanol–water partition coefficient (Wildman–Crippen LogP) is 10.7. The van der Waals surface area contributed by atoms with E-state index >= 15 is 0 Å². The topological polar surface area (TPSA) is 34.6 Å². The lowest BCUT2D eigenvalue weighted by molar-refractivity contribution is 0.709. The molecule has 4 nitrogen and oxygen atoms in total. The summed E-state index contributed by atoms with van der Waals surface area (Å²) in [6.45, 7) is 0. The normalized spacial score (nSPS) is 17.8. The fourth-order valence-corrected chi connectivity index (χ4v) is 9.26. The zero-order chi connectivity index (χ0) is 32.1. The van der Waals surface area contributed by atoms with Gasteiger partial charge in [-0.1, -0.05) is 127 Å². The average molecular weight is 645 g/mol. The number of benzene rings is 6. The number of hydrogen-bond donors (Lipinski definition) is 0. The van der Waals surface area contributed by atoms with Gasteiger partial charge in [0.25, 0.3) is 0 Å². The minimum Gasteiger partial charge on any atom is -0.309 e. The van der Waals surface area contributed by atoms with Gasteiger partial charge in [0.05, 0.1) is 39.5 Å². The molecule has 0 N–H and O–H groups in total. The van der Waals surface area contributed by atoms with Gasteiger partial charge in [-0.3, -0.25) is 4.99 Å². The SMILES string of the molecule is C1=CC2N=C(c3cccc(-n4c5ccccc5c5c6c7ccccc7n7c6c(cc54)Sc4ccccc4-7)c3)N=C(c3ccccc3)C2C=C1. The molecule has 8 aromatic rings. The van der Waals surface area contributed by atoms with Crippen LogP contribution < -0.4 is 0 Å². The van der Waals surface area contributed by atoms with E-state index in [2.05, 4.69) is 167 Å². The Morgan fingerprint density at radius 3 is 2.14 bits per heavy atom. The van der Waals surface area contributed by atoms with Crippen LogP contribution in [0.25, 0.3) is 55.0 Å². The predicted molar refractivity (Wildman–Crippen MR) is 204 cm³/mol. The fraction of sp³-hybridized carbons (Fsp3) is 0.0455. The van der Waals surface area contributed by atoms with Gasteiger partial charge in [-0.2, -0.15) is 0 Å². The number of rotatable bonds is 3. The maximum atomic E-state index is 5.25. The van der Waals surface area contributed by atoms with Crippen LogP contribution in [-0.4, -0.2) is 26.7 Å². The monoisotopic (exact) mass is 644 g/mol. The second-order valence-corrected chi connectivity index (χ2v) is 14.0. The summed E-state index contributed by atoms with van der Waals surface area (Å²) in [6.07, 6.45) is 8.64. The Balaban J connectivity index is 1.17. The largest absolute Gasteiger partial charge is 0.309 e. The summed E-state index contributed by atoms with van der Waals surface area (Å²) in [5, 5.41) is 5.13. The van der Waals surface area contributed by atoms with E-state index in [1.165, 1.54) is 59.1 Å². The first kappa shape index (κ1) is 27.1. The van der Waals surface area contributed by atoms with Gasteiger partial charge in [-0.25, -0.2) is 4.99 Å². The average Bonchev–Trinajstić information content (AvgIpc) is 3.69. The zero-order valence-corrected chi connectivity index (χ0v) is 27.2. The molecule has 2 atom stereocenters. The number of hydrogen-bond acceptors (Lipinski definition) is 3. The highest BCUT2D eigenvalue weighted by Crippen LogP contribution is 2.51. The molecule has 2 aliphatic heterocycles. The molecule has 49 heavy (non-hydrogen) atoms. The summed E-state index contributed by atoms with van der Waals surface area (Å²) < 4.78 is 4.91. The van der Waals surface area contributed by atoms with Crippen molar-refractivity contribution in [2.75, 3.05) is 0 Å². The Hall–Kier alpha value is -5.91. The van der Waals surface area contributed by atoms with Gasteiger partial charge in [-0.05, 0) is 48.0 Å². The molecule has 0 saturated carbocycles.